The van der Waals surface area contributed by atoms with Crippen LogP contribution < -0.4 is 5.32 Å². The lowest BCUT2D eigenvalue weighted by molar-refractivity contribution is 0.160. The van der Waals surface area contributed by atoms with Crippen LogP contribution in [0.5, 0.6) is 0 Å². The average Bonchev–Trinajstić information content (AvgIpc) is 2.44. The topological polar surface area (TPSA) is 64.8 Å². The molecule has 0 spiro atoms. The van der Waals surface area contributed by atoms with E-state index in [1.54, 1.807) is 6.07 Å². The minimum atomic E-state index is 0.421. The molecule has 20 heavy (non-hydrogen) atoms. The first kappa shape index (κ1) is 14.7. The molecule has 0 amide bonds. The second-order valence-corrected chi connectivity index (χ2v) is 5.49. The number of anilines is 1. The van der Waals surface area contributed by atoms with E-state index in [4.69, 9.17) is 5.26 Å². The number of likely N-dealkylation sites (tertiary alicyclic amines) is 1. The summed E-state index contributed by atoms with van der Waals surface area (Å²) < 4.78 is 0. The molecule has 1 aromatic rings. The molecule has 2 rings (SSSR count). The van der Waals surface area contributed by atoms with E-state index >= 15 is 0 Å². The molecule has 5 nitrogen and oxygen atoms in total. The largest absolute Gasteiger partial charge is 0.354 e. The fourth-order valence-electron chi connectivity index (χ4n) is 2.68. The highest BCUT2D eigenvalue weighted by Gasteiger charge is 2.17. The van der Waals surface area contributed by atoms with Gasteiger partial charge in [-0.25, -0.2) is 9.97 Å². The van der Waals surface area contributed by atoms with Crippen LogP contribution in [0.25, 0.3) is 0 Å². The summed E-state index contributed by atoms with van der Waals surface area (Å²) in [5, 5.41) is 12.1. The molecule has 1 aliphatic rings. The maximum absolute atomic E-state index is 8.88. The van der Waals surface area contributed by atoms with Gasteiger partial charge in [0, 0.05) is 24.8 Å². The van der Waals surface area contributed by atoms with Crippen LogP contribution in [0.15, 0.2) is 6.07 Å². The van der Waals surface area contributed by atoms with Gasteiger partial charge in [0.2, 0.25) is 5.95 Å². The summed E-state index contributed by atoms with van der Waals surface area (Å²) in [4.78, 5) is 11.0. The van der Waals surface area contributed by atoms with E-state index in [2.05, 4.69) is 33.2 Å². The molecule has 5 heteroatoms. The van der Waals surface area contributed by atoms with Gasteiger partial charge < -0.3 is 10.2 Å². The standard InChI is InChI=1S/C15H23N5/c1-12-10-14(11-16)19-15(18-12)17-7-5-9-20-8-4-3-6-13(20)2/h10,13H,3-9H2,1-2H3,(H,17,18,19). The number of hydrogen-bond donors (Lipinski definition) is 1. The number of piperidine rings is 1. The molecule has 1 aromatic heterocycles. The molecule has 2 heterocycles. The fraction of sp³-hybridized carbons (Fsp3) is 0.667. The second kappa shape index (κ2) is 7.20. The zero-order chi connectivity index (χ0) is 14.4. The molecule has 0 bridgehead atoms. The lowest BCUT2D eigenvalue weighted by Crippen LogP contribution is -2.38. The van der Waals surface area contributed by atoms with Crippen LogP contribution in [0.2, 0.25) is 0 Å². The number of aryl methyl sites for hydroxylation is 1. The third-order valence-corrected chi connectivity index (χ3v) is 3.81. The molecule has 1 fully saturated rings. The van der Waals surface area contributed by atoms with Crippen molar-refractivity contribution >= 4 is 5.95 Å². The van der Waals surface area contributed by atoms with Crippen molar-refractivity contribution in [2.45, 2.75) is 45.6 Å². The summed E-state index contributed by atoms with van der Waals surface area (Å²) in [6, 6.07) is 4.46. The summed E-state index contributed by atoms with van der Waals surface area (Å²) in [6.07, 6.45) is 5.08. The Kier molecular flexibility index (Phi) is 5.31. The molecule has 0 aliphatic carbocycles. The number of aromatic nitrogens is 2. The van der Waals surface area contributed by atoms with E-state index in [1.807, 2.05) is 6.92 Å². The predicted molar refractivity (Wildman–Crippen MR) is 79.5 cm³/mol. The van der Waals surface area contributed by atoms with Gasteiger partial charge in [-0.05, 0) is 45.7 Å². The third-order valence-electron chi connectivity index (χ3n) is 3.81. The lowest BCUT2D eigenvalue weighted by atomic mass is 10.0. The second-order valence-electron chi connectivity index (χ2n) is 5.49. The van der Waals surface area contributed by atoms with Crippen LogP contribution in [-0.2, 0) is 0 Å². The summed E-state index contributed by atoms with van der Waals surface area (Å²) in [7, 11) is 0. The highest BCUT2D eigenvalue weighted by molar-refractivity contribution is 5.32. The first-order valence-electron chi connectivity index (χ1n) is 7.43. The quantitative estimate of drug-likeness (QED) is 0.834. The van der Waals surface area contributed by atoms with Gasteiger partial charge in [-0.3, -0.25) is 0 Å². The van der Waals surface area contributed by atoms with Gasteiger partial charge in [-0.1, -0.05) is 6.42 Å². The van der Waals surface area contributed by atoms with Crippen LogP contribution in [-0.4, -0.2) is 40.5 Å². The van der Waals surface area contributed by atoms with Crippen molar-refractivity contribution in [3.8, 4) is 6.07 Å². The van der Waals surface area contributed by atoms with Crippen LogP contribution in [0, 0.1) is 18.3 Å². The fourth-order valence-corrected chi connectivity index (χ4v) is 2.68. The van der Waals surface area contributed by atoms with Crippen molar-refractivity contribution in [3.05, 3.63) is 17.5 Å². The molecule has 1 atom stereocenters. The maximum atomic E-state index is 8.88. The maximum Gasteiger partial charge on any atom is 0.224 e. The van der Waals surface area contributed by atoms with Crippen LogP contribution >= 0.6 is 0 Å². The Morgan fingerprint density at radius 2 is 2.30 bits per heavy atom. The number of nitrogens with zero attached hydrogens (tertiary/aromatic N) is 4. The Morgan fingerprint density at radius 3 is 3.05 bits per heavy atom. The summed E-state index contributed by atoms with van der Waals surface area (Å²) in [5.41, 5.74) is 1.24. The van der Waals surface area contributed by atoms with Crippen molar-refractivity contribution in [2.75, 3.05) is 25.0 Å². The van der Waals surface area contributed by atoms with E-state index in [-0.39, 0.29) is 0 Å². The first-order chi connectivity index (χ1) is 9.69. The molecule has 1 aliphatic heterocycles. The Morgan fingerprint density at radius 1 is 1.45 bits per heavy atom. The molecule has 0 saturated carbocycles. The van der Waals surface area contributed by atoms with Gasteiger partial charge in [0.1, 0.15) is 11.8 Å². The highest BCUT2D eigenvalue weighted by Crippen LogP contribution is 2.16. The van der Waals surface area contributed by atoms with Crippen LogP contribution in [0.1, 0.15) is 44.0 Å². The molecule has 1 N–H and O–H groups in total. The minimum Gasteiger partial charge on any atom is -0.354 e. The smallest absolute Gasteiger partial charge is 0.224 e. The average molecular weight is 273 g/mol. The van der Waals surface area contributed by atoms with Crippen molar-refractivity contribution in [2.24, 2.45) is 0 Å². The Hall–Kier alpha value is -1.67. The van der Waals surface area contributed by atoms with Gasteiger partial charge in [0.15, 0.2) is 0 Å². The van der Waals surface area contributed by atoms with E-state index in [0.717, 1.165) is 25.2 Å². The van der Waals surface area contributed by atoms with Gasteiger partial charge in [-0.15, -0.1) is 0 Å². The Balaban J connectivity index is 1.76. The third kappa shape index (κ3) is 4.17. The molecule has 0 aromatic carbocycles. The molecule has 1 saturated heterocycles. The van der Waals surface area contributed by atoms with Gasteiger partial charge in [0.05, 0.1) is 0 Å². The SMILES string of the molecule is Cc1cc(C#N)nc(NCCCN2CCCCC2C)n1. The molecular weight excluding hydrogens is 250 g/mol. The number of nitrogens with one attached hydrogen (secondary N) is 1. The van der Waals surface area contributed by atoms with Crippen molar-refractivity contribution in [1.29, 1.82) is 5.26 Å². The predicted octanol–water partition coefficient (Wildman–Crippen LogP) is 2.33. The van der Waals surface area contributed by atoms with Crippen molar-refractivity contribution in [1.82, 2.24) is 14.9 Å². The van der Waals surface area contributed by atoms with E-state index in [9.17, 15) is 0 Å². The van der Waals surface area contributed by atoms with Gasteiger partial charge in [0.25, 0.3) is 0 Å². The molecule has 1 unspecified atom stereocenters. The van der Waals surface area contributed by atoms with Crippen molar-refractivity contribution < 1.29 is 0 Å². The van der Waals surface area contributed by atoms with E-state index < -0.39 is 0 Å². The Labute approximate surface area is 121 Å². The zero-order valence-electron chi connectivity index (χ0n) is 12.4. The Bertz CT molecular complexity index is 480. The highest BCUT2D eigenvalue weighted by atomic mass is 15.2. The van der Waals surface area contributed by atoms with E-state index in [1.165, 1.54) is 25.8 Å². The number of hydrogen-bond acceptors (Lipinski definition) is 5. The van der Waals surface area contributed by atoms with Crippen molar-refractivity contribution in [3.63, 3.8) is 0 Å². The van der Waals surface area contributed by atoms with Crippen LogP contribution in [0.4, 0.5) is 5.95 Å². The zero-order valence-corrected chi connectivity index (χ0v) is 12.4. The minimum absolute atomic E-state index is 0.421. The summed E-state index contributed by atoms with van der Waals surface area (Å²) in [5.74, 6) is 0.563. The molecular formula is C15H23N5. The summed E-state index contributed by atoms with van der Waals surface area (Å²) >= 11 is 0. The monoisotopic (exact) mass is 273 g/mol. The van der Waals surface area contributed by atoms with Gasteiger partial charge in [-0.2, -0.15) is 5.26 Å². The lowest BCUT2D eigenvalue weighted by Gasteiger charge is -2.33. The number of rotatable bonds is 5. The molecule has 0 radical (unpaired) electrons. The van der Waals surface area contributed by atoms with E-state index in [0.29, 0.717) is 17.7 Å². The van der Waals surface area contributed by atoms with Gasteiger partial charge >= 0.3 is 0 Å². The summed E-state index contributed by atoms with van der Waals surface area (Å²) in [6.45, 7) is 7.38. The first-order valence-corrected chi connectivity index (χ1v) is 7.43. The molecule has 108 valence electrons. The number of nitriles is 1. The normalized spacial score (nSPS) is 19.6. The van der Waals surface area contributed by atoms with Crippen LogP contribution in [0.3, 0.4) is 0 Å².